The maximum atomic E-state index is 10.1. The number of aryl methyl sites for hydroxylation is 1. The SMILES string of the molecule is Cc1nc2ccc(C(c3ccccc3)n3ccnc3)cc2n1O. The maximum Gasteiger partial charge on any atom is 0.142 e. The summed E-state index contributed by atoms with van der Waals surface area (Å²) >= 11 is 0. The van der Waals surface area contributed by atoms with Crippen molar-refractivity contribution in [2.75, 3.05) is 0 Å². The van der Waals surface area contributed by atoms with Gasteiger partial charge in [-0.25, -0.2) is 9.97 Å². The molecule has 0 saturated carbocycles. The van der Waals surface area contributed by atoms with Crippen LogP contribution in [0.15, 0.2) is 67.3 Å². The zero-order valence-electron chi connectivity index (χ0n) is 12.7. The van der Waals surface area contributed by atoms with Gasteiger partial charge >= 0.3 is 0 Å². The van der Waals surface area contributed by atoms with E-state index in [0.717, 1.165) is 21.4 Å². The summed E-state index contributed by atoms with van der Waals surface area (Å²) in [4.78, 5) is 8.52. The summed E-state index contributed by atoms with van der Waals surface area (Å²) in [6.45, 7) is 1.78. The molecule has 5 nitrogen and oxygen atoms in total. The zero-order chi connectivity index (χ0) is 15.8. The molecule has 4 rings (SSSR count). The van der Waals surface area contributed by atoms with E-state index in [1.807, 2.05) is 48.9 Å². The molecular formula is C18H16N4O. The lowest BCUT2D eigenvalue weighted by Crippen LogP contribution is -2.10. The van der Waals surface area contributed by atoms with Crippen LogP contribution in [0.25, 0.3) is 11.0 Å². The fourth-order valence-corrected chi connectivity index (χ4v) is 2.96. The Morgan fingerprint density at radius 3 is 2.61 bits per heavy atom. The summed E-state index contributed by atoms with van der Waals surface area (Å²) in [6, 6.07) is 16.2. The van der Waals surface area contributed by atoms with Crippen molar-refractivity contribution in [1.29, 1.82) is 0 Å². The molecule has 114 valence electrons. The van der Waals surface area contributed by atoms with Gasteiger partial charge in [-0.1, -0.05) is 36.4 Å². The number of fused-ring (bicyclic) bond motifs is 1. The van der Waals surface area contributed by atoms with Gasteiger partial charge in [0.1, 0.15) is 11.3 Å². The average molecular weight is 304 g/mol. The average Bonchev–Trinajstić information content (AvgIpc) is 3.19. The van der Waals surface area contributed by atoms with Crippen molar-refractivity contribution in [2.45, 2.75) is 13.0 Å². The van der Waals surface area contributed by atoms with E-state index >= 15 is 0 Å². The summed E-state index contributed by atoms with van der Waals surface area (Å²) in [5, 5.41) is 10.1. The highest BCUT2D eigenvalue weighted by molar-refractivity contribution is 5.76. The lowest BCUT2D eigenvalue weighted by molar-refractivity contribution is 0.191. The van der Waals surface area contributed by atoms with Gasteiger partial charge < -0.3 is 9.77 Å². The van der Waals surface area contributed by atoms with E-state index in [2.05, 4.69) is 26.7 Å². The molecule has 0 aliphatic carbocycles. The number of benzene rings is 2. The van der Waals surface area contributed by atoms with Crippen LogP contribution in [0.5, 0.6) is 0 Å². The van der Waals surface area contributed by atoms with Crippen molar-refractivity contribution in [3.63, 3.8) is 0 Å². The second-order valence-corrected chi connectivity index (χ2v) is 5.54. The Labute approximate surface area is 133 Å². The van der Waals surface area contributed by atoms with E-state index in [9.17, 15) is 5.21 Å². The number of hydrogen-bond donors (Lipinski definition) is 1. The van der Waals surface area contributed by atoms with Crippen LogP contribution in [0.4, 0.5) is 0 Å². The first-order valence-corrected chi connectivity index (χ1v) is 7.44. The monoisotopic (exact) mass is 304 g/mol. The van der Waals surface area contributed by atoms with Crippen LogP contribution in [0.3, 0.4) is 0 Å². The third-order valence-electron chi connectivity index (χ3n) is 4.07. The van der Waals surface area contributed by atoms with Gasteiger partial charge in [-0.3, -0.25) is 0 Å². The molecule has 0 aliphatic rings. The highest BCUT2D eigenvalue weighted by Crippen LogP contribution is 2.29. The number of rotatable bonds is 3. The quantitative estimate of drug-likeness (QED) is 0.590. The number of hydrogen-bond acceptors (Lipinski definition) is 3. The molecule has 23 heavy (non-hydrogen) atoms. The van der Waals surface area contributed by atoms with E-state index in [0.29, 0.717) is 11.3 Å². The fourth-order valence-electron chi connectivity index (χ4n) is 2.96. The molecule has 2 aromatic carbocycles. The van der Waals surface area contributed by atoms with E-state index in [1.165, 1.54) is 0 Å². The minimum Gasteiger partial charge on any atom is -0.427 e. The molecule has 0 aliphatic heterocycles. The van der Waals surface area contributed by atoms with Gasteiger partial charge in [0.15, 0.2) is 0 Å². The molecule has 1 unspecified atom stereocenters. The van der Waals surface area contributed by atoms with Crippen molar-refractivity contribution in [3.8, 4) is 0 Å². The first-order chi connectivity index (χ1) is 11.2. The molecule has 0 bridgehead atoms. The van der Waals surface area contributed by atoms with Gasteiger partial charge in [0.2, 0.25) is 0 Å². The molecule has 2 aromatic heterocycles. The minimum absolute atomic E-state index is 0.00157. The maximum absolute atomic E-state index is 10.1. The van der Waals surface area contributed by atoms with Gasteiger partial charge in [0.05, 0.1) is 17.9 Å². The van der Waals surface area contributed by atoms with Crippen LogP contribution in [-0.2, 0) is 0 Å². The Kier molecular flexibility index (Phi) is 3.12. The van der Waals surface area contributed by atoms with Crippen LogP contribution in [0.2, 0.25) is 0 Å². The van der Waals surface area contributed by atoms with Crippen LogP contribution in [0.1, 0.15) is 23.0 Å². The number of imidazole rings is 2. The van der Waals surface area contributed by atoms with Crippen molar-refractivity contribution in [1.82, 2.24) is 19.3 Å². The van der Waals surface area contributed by atoms with E-state index in [1.54, 1.807) is 13.1 Å². The predicted molar refractivity (Wildman–Crippen MR) is 87.6 cm³/mol. The normalized spacial score (nSPS) is 12.6. The number of aromatic nitrogens is 4. The van der Waals surface area contributed by atoms with Gasteiger partial charge in [-0.2, -0.15) is 4.73 Å². The van der Waals surface area contributed by atoms with Gasteiger partial charge in [-0.05, 0) is 30.2 Å². The third-order valence-corrected chi connectivity index (χ3v) is 4.07. The van der Waals surface area contributed by atoms with Gasteiger partial charge in [0.25, 0.3) is 0 Å². The van der Waals surface area contributed by atoms with Crippen molar-refractivity contribution in [2.24, 2.45) is 0 Å². The zero-order valence-corrected chi connectivity index (χ0v) is 12.7. The molecule has 1 atom stereocenters. The largest absolute Gasteiger partial charge is 0.427 e. The summed E-state index contributed by atoms with van der Waals surface area (Å²) in [5.41, 5.74) is 3.72. The van der Waals surface area contributed by atoms with Crippen molar-refractivity contribution >= 4 is 11.0 Å². The van der Waals surface area contributed by atoms with Crippen LogP contribution in [-0.4, -0.2) is 24.5 Å². The van der Waals surface area contributed by atoms with Crippen molar-refractivity contribution < 1.29 is 5.21 Å². The number of nitrogens with zero attached hydrogens (tertiary/aromatic N) is 4. The Balaban J connectivity index is 1.91. The summed E-state index contributed by atoms with van der Waals surface area (Å²) in [7, 11) is 0. The molecule has 0 saturated heterocycles. The summed E-state index contributed by atoms with van der Waals surface area (Å²) < 4.78 is 3.19. The lowest BCUT2D eigenvalue weighted by atomic mass is 9.98. The second-order valence-electron chi connectivity index (χ2n) is 5.54. The summed E-state index contributed by atoms with van der Waals surface area (Å²) in [6.07, 6.45) is 5.53. The molecule has 4 aromatic rings. The van der Waals surface area contributed by atoms with Crippen LogP contribution < -0.4 is 0 Å². The van der Waals surface area contributed by atoms with Gasteiger partial charge in [-0.15, -0.1) is 0 Å². The first-order valence-electron chi connectivity index (χ1n) is 7.44. The topological polar surface area (TPSA) is 55.9 Å². The Morgan fingerprint density at radius 1 is 1.04 bits per heavy atom. The highest BCUT2D eigenvalue weighted by Gasteiger charge is 2.17. The Bertz CT molecular complexity index is 942. The first kappa shape index (κ1) is 13.6. The molecule has 0 fully saturated rings. The Hall–Kier alpha value is -3.08. The minimum atomic E-state index is -0.00157. The predicted octanol–water partition coefficient (Wildman–Crippen LogP) is 3.42. The van der Waals surface area contributed by atoms with Crippen LogP contribution >= 0.6 is 0 Å². The fraction of sp³-hybridized carbons (Fsp3) is 0.111. The molecule has 0 radical (unpaired) electrons. The molecule has 5 heteroatoms. The molecular weight excluding hydrogens is 288 g/mol. The smallest absolute Gasteiger partial charge is 0.142 e. The van der Waals surface area contributed by atoms with E-state index in [4.69, 9.17) is 0 Å². The highest BCUT2D eigenvalue weighted by atomic mass is 16.5. The molecule has 0 amide bonds. The van der Waals surface area contributed by atoms with Crippen molar-refractivity contribution in [3.05, 3.63) is 84.2 Å². The lowest BCUT2D eigenvalue weighted by Gasteiger charge is -2.19. The Morgan fingerprint density at radius 2 is 1.87 bits per heavy atom. The van der Waals surface area contributed by atoms with Crippen LogP contribution in [0, 0.1) is 6.92 Å². The second kappa shape index (κ2) is 5.28. The molecule has 2 heterocycles. The molecule has 1 N–H and O–H groups in total. The standard InChI is InChI=1S/C18H16N4O/c1-13-20-16-8-7-15(11-17(16)22(13)23)18(21-10-9-19-12-21)14-5-3-2-4-6-14/h2-12,18,23H,1H3. The molecule has 0 spiro atoms. The van der Waals surface area contributed by atoms with E-state index in [-0.39, 0.29) is 6.04 Å². The third kappa shape index (κ3) is 2.26. The van der Waals surface area contributed by atoms with Gasteiger partial charge in [0, 0.05) is 12.4 Å². The van der Waals surface area contributed by atoms with E-state index < -0.39 is 0 Å². The summed E-state index contributed by atoms with van der Waals surface area (Å²) in [5.74, 6) is 0.580.